The SMILES string of the molecule is COC(=O)c1c(C(C)C(=O)N2CCOC2=O)[nH]c2ccccc12. The number of nitrogens with one attached hydrogen (secondary N) is 1. The van der Waals surface area contributed by atoms with Gasteiger partial charge in [-0.3, -0.25) is 4.79 Å². The molecule has 120 valence electrons. The van der Waals surface area contributed by atoms with Crippen molar-refractivity contribution in [3.63, 3.8) is 0 Å². The van der Waals surface area contributed by atoms with E-state index in [0.717, 1.165) is 10.4 Å². The van der Waals surface area contributed by atoms with E-state index in [1.807, 2.05) is 12.1 Å². The second-order valence-corrected chi connectivity index (χ2v) is 5.28. The van der Waals surface area contributed by atoms with Gasteiger partial charge in [-0.1, -0.05) is 18.2 Å². The van der Waals surface area contributed by atoms with Crippen molar-refractivity contribution in [2.24, 2.45) is 0 Å². The lowest BCUT2D eigenvalue weighted by molar-refractivity contribution is -0.129. The molecule has 1 aliphatic rings. The fourth-order valence-corrected chi connectivity index (χ4v) is 2.76. The lowest BCUT2D eigenvalue weighted by Crippen LogP contribution is -2.35. The fourth-order valence-electron chi connectivity index (χ4n) is 2.76. The molecule has 1 aromatic carbocycles. The summed E-state index contributed by atoms with van der Waals surface area (Å²) in [7, 11) is 1.29. The normalized spacial score (nSPS) is 15.6. The first kappa shape index (κ1) is 15.1. The van der Waals surface area contributed by atoms with Gasteiger partial charge in [0.15, 0.2) is 0 Å². The number of hydrogen-bond acceptors (Lipinski definition) is 5. The molecule has 1 N–H and O–H groups in total. The summed E-state index contributed by atoms with van der Waals surface area (Å²) in [6, 6.07) is 7.22. The number of rotatable bonds is 3. The highest BCUT2D eigenvalue weighted by molar-refractivity contribution is 6.07. The van der Waals surface area contributed by atoms with E-state index in [1.165, 1.54) is 7.11 Å². The van der Waals surface area contributed by atoms with Crippen LogP contribution < -0.4 is 0 Å². The lowest BCUT2D eigenvalue weighted by Gasteiger charge is -2.16. The van der Waals surface area contributed by atoms with Gasteiger partial charge >= 0.3 is 12.1 Å². The molecule has 0 radical (unpaired) electrons. The van der Waals surface area contributed by atoms with Gasteiger partial charge < -0.3 is 14.5 Å². The van der Waals surface area contributed by atoms with Crippen molar-refractivity contribution in [3.8, 4) is 0 Å². The van der Waals surface area contributed by atoms with Gasteiger partial charge in [0.1, 0.15) is 6.61 Å². The number of H-pyrrole nitrogens is 1. The number of aromatic nitrogens is 1. The number of ether oxygens (including phenoxy) is 2. The maximum atomic E-state index is 12.5. The summed E-state index contributed by atoms with van der Waals surface area (Å²) in [4.78, 5) is 40.4. The molecule has 1 aliphatic heterocycles. The smallest absolute Gasteiger partial charge is 0.416 e. The summed E-state index contributed by atoms with van der Waals surface area (Å²) in [6.07, 6.45) is -0.655. The van der Waals surface area contributed by atoms with Gasteiger partial charge in [0.2, 0.25) is 5.91 Å². The minimum atomic E-state index is -0.706. The van der Waals surface area contributed by atoms with Gasteiger partial charge in [0, 0.05) is 16.6 Å². The zero-order valence-corrected chi connectivity index (χ0v) is 12.8. The molecule has 1 atom stereocenters. The van der Waals surface area contributed by atoms with Crippen molar-refractivity contribution in [3.05, 3.63) is 35.5 Å². The molecule has 7 heteroatoms. The number of methoxy groups -OCH3 is 1. The third-order valence-corrected chi connectivity index (χ3v) is 3.95. The van der Waals surface area contributed by atoms with Crippen LogP contribution in [-0.4, -0.2) is 48.1 Å². The number of aromatic amines is 1. The number of nitrogens with zero attached hydrogens (tertiary/aromatic N) is 1. The number of fused-ring (bicyclic) bond motifs is 1. The molecule has 7 nitrogen and oxygen atoms in total. The molecule has 1 saturated heterocycles. The summed E-state index contributed by atoms with van der Waals surface area (Å²) in [6.45, 7) is 2.05. The lowest BCUT2D eigenvalue weighted by atomic mass is 10.0. The molecule has 0 bridgehead atoms. The standard InChI is InChI=1S/C16H16N2O5/c1-9(14(19)18-7-8-23-16(18)21)13-12(15(20)22-2)10-5-3-4-6-11(10)17-13/h3-6,9,17H,7-8H2,1-2H3. The second-order valence-electron chi connectivity index (χ2n) is 5.28. The largest absolute Gasteiger partial charge is 0.465 e. The molecule has 2 amide bonds. The second kappa shape index (κ2) is 5.75. The van der Waals surface area contributed by atoms with E-state index in [4.69, 9.17) is 9.47 Å². The first-order valence-electron chi connectivity index (χ1n) is 7.21. The highest BCUT2D eigenvalue weighted by Crippen LogP contribution is 2.30. The molecule has 1 aromatic heterocycles. The topological polar surface area (TPSA) is 88.7 Å². The van der Waals surface area contributed by atoms with Gasteiger partial charge in [0.25, 0.3) is 0 Å². The molecule has 0 spiro atoms. The Hall–Kier alpha value is -2.83. The number of amides is 2. The summed E-state index contributed by atoms with van der Waals surface area (Å²) >= 11 is 0. The number of esters is 1. The van der Waals surface area contributed by atoms with Crippen molar-refractivity contribution in [1.29, 1.82) is 0 Å². The highest BCUT2D eigenvalue weighted by Gasteiger charge is 2.35. The van der Waals surface area contributed by atoms with Crippen LogP contribution in [0.3, 0.4) is 0 Å². The van der Waals surface area contributed by atoms with Crippen LogP contribution in [0.15, 0.2) is 24.3 Å². The molecule has 1 fully saturated rings. The molecule has 2 aromatic rings. The van der Waals surface area contributed by atoms with E-state index >= 15 is 0 Å². The first-order valence-corrected chi connectivity index (χ1v) is 7.21. The number of carbonyl (C=O) groups is 3. The van der Waals surface area contributed by atoms with E-state index in [1.54, 1.807) is 19.1 Å². The van der Waals surface area contributed by atoms with E-state index < -0.39 is 23.9 Å². The fraction of sp³-hybridized carbons (Fsp3) is 0.312. The van der Waals surface area contributed by atoms with Crippen molar-refractivity contribution < 1.29 is 23.9 Å². The Morgan fingerprint density at radius 3 is 2.74 bits per heavy atom. The number of cyclic esters (lactones) is 1. The minimum Gasteiger partial charge on any atom is -0.465 e. The number of benzene rings is 1. The number of imide groups is 1. The highest BCUT2D eigenvalue weighted by atomic mass is 16.6. The molecular weight excluding hydrogens is 300 g/mol. The van der Waals surface area contributed by atoms with Gasteiger partial charge in [0.05, 0.1) is 25.1 Å². The number of carbonyl (C=O) groups excluding carboxylic acids is 3. The Balaban J connectivity index is 2.06. The van der Waals surface area contributed by atoms with E-state index in [-0.39, 0.29) is 13.2 Å². The third-order valence-electron chi connectivity index (χ3n) is 3.95. The molecule has 2 heterocycles. The molecular formula is C16H16N2O5. The van der Waals surface area contributed by atoms with Gasteiger partial charge in [-0.2, -0.15) is 0 Å². The Morgan fingerprint density at radius 1 is 1.35 bits per heavy atom. The van der Waals surface area contributed by atoms with Crippen LogP contribution in [0.4, 0.5) is 4.79 Å². The average molecular weight is 316 g/mol. The zero-order valence-electron chi connectivity index (χ0n) is 12.8. The van der Waals surface area contributed by atoms with Gasteiger partial charge in [-0.15, -0.1) is 0 Å². The van der Waals surface area contributed by atoms with Gasteiger partial charge in [-0.05, 0) is 13.0 Å². The predicted molar refractivity (Wildman–Crippen MR) is 81.1 cm³/mol. The van der Waals surface area contributed by atoms with Crippen molar-refractivity contribution in [2.45, 2.75) is 12.8 Å². The van der Waals surface area contributed by atoms with Gasteiger partial charge in [-0.25, -0.2) is 14.5 Å². The van der Waals surface area contributed by atoms with Crippen molar-refractivity contribution in [1.82, 2.24) is 9.88 Å². The van der Waals surface area contributed by atoms with E-state index in [2.05, 4.69) is 4.98 Å². The molecule has 0 aliphatic carbocycles. The van der Waals surface area contributed by atoms with Crippen molar-refractivity contribution in [2.75, 3.05) is 20.3 Å². The van der Waals surface area contributed by atoms with Crippen LogP contribution in [0.2, 0.25) is 0 Å². The summed E-state index contributed by atoms with van der Waals surface area (Å²) < 4.78 is 9.64. The summed E-state index contributed by atoms with van der Waals surface area (Å²) in [5.41, 5.74) is 1.48. The van der Waals surface area contributed by atoms with Crippen LogP contribution in [0.25, 0.3) is 10.9 Å². The van der Waals surface area contributed by atoms with Crippen LogP contribution >= 0.6 is 0 Å². The number of para-hydroxylation sites is 1. The Morgan fingerprint density at radius 2 is 2.09 bits per heavy atom. The molecule has 3 rings (SSSR count). The quantitative estimate of drug-likeness (QED) is 0.875. The summed E-state index contributed by atoms with van der Waals surface area (Å²) in [5.74, 6) is -1.65. The Bertz CT molecular complexity index is 795. The minimum absolute atomic E-state index is 0.188. The first-order chi connectivity index (χ1) is 11.0. The average Bonchev–Trinajstić information content (AvgIpc) is 3.16. The van der Waals surface area contributed by atoms with Crippen LogP contribution in [0.1, 0.15) is 28.9 Å². The van der Waals surface area contributed by atoms with Crippen LogP contribution in [-0.2, 0) is 14.3 Å². The zero-order chi connectivity index (χ0) is 16.6. The summed E-state index contributed by atoms with van der Waals surface area (Å²) in [5, 5.41) is 0.679. The van der Waals surface area contributed by atoms with E-state index in [0.29, 0.717) is 16.6 Å². The maximum absolute atomic E-state index is 12.5. The molecule has 23 heavy (non-hydrogen) atoms. The van der Waals surface area contributed by atoms with E-state index in [9.17, 15) is 14.4 Å². The predicted octanol–water partition coefficient (Wildman–Crippen LogP) is 2.04. The Kier molecular flexibility index (Phi) is 3.77. The maximum Gasteiger partial charge on any atom is 0.416 e. The molecule has 1 unspecified atom stereocenters. The van der Waals surface area contributed by atoms with Crippen LogP contribution in [0.5, 0.6) is 0 Å². The van der Waals surface area contributed by atoms with Crippen LogP contribution in [0, 0.1) is 0 Å². The van der Waals surface area contributed by atoms with Crippen molar-refractivity contribution >= 4 is 28.9 Å². The monoisotopic (exact) mass is 316 g/mol. The third kappa shape index (κ3) is 2.44. The number of hydrogen-bond donors (Lipinski definition) is 1. The Labute approximate surface area is 132 Å². The molecule has 0 saturated carbocycles.